The van der Waals surface area contributed by atoms with E-state index < -0.39 is 0 Å². The highest BCUT2D eigenvalue weighted by molar-refractivity contribution is 9.10. The van der Waals surface area contributed by atoms with Crippen LogP contribution in [0, 0.1) is 5.82 Å². The quantitative estimate of drug-likeness (QED) is 0.784. The molecule has 5 heteroatoms. The average Bonchev–Trinajstić information content (AvgIpc) is 2.78. The van der Waals surface area contributed by atoms with Gasteiger partial charge in [-0.3, -0.25) is 9.69 Å². The molecule has 1 atom stereocenters. The lowest BCUT2D eigenvalue weighted by molar-refractivity contribution is 0.0742. The van der Waals surface area contributed by atoms with Gasteiger partial charge < -0.3 is 4.90 Å². The topological polar surface area (TPSA) is 23.6 Å². The fourth-order valence-corrected chi connectivity index (χ4v) is 3.66. The molecular weight excluding hydrogens is 323 g/mol. The molecule has 0 N–H and O–H groups in total. The minimum absolute atomic E-state index is 0.0647. The molecule has 3 nitrogen and oxygen atoms in total. The Hall–Kier alpha value is -0.940. The van der Waals surface area contributed by atoms with Crippen molar-refractivity contribution in [3.8, 4) is 0 Å². The SMILES string of the molecule is O=C(c1cccc(F)c1Br)N1CCCN2CCCC2C1. The van der Waals surface area contributed by atoms with Crippen LogP contribution in [0.1, 0.15) is 29.6 Å². The lowest BCUT2D eigenvalue weighted by Crippen LogP contribution is -2.39. The molecule has 0 radical (unpaired) electrons. The predicted octanol–water partition coefficient (Wildman–Crippen LogP) is 2.90. The summed E-state index contributed by atoms with van der Waals surface area (Å²) in [5.74, 6) is -0.446. The molecule has 1 aromatic rings. The largest absolute Gasteiger partial charge is 0.337 e. The van der Waals surface area contributed by atoms with Crippen molar-refractivity contribution in [3.63, 3.8) is 0 Å². The van der Waals surface area contributed by atoms with E-state index in [1.54, 1.807) is 12.1 Å². The van der Waals surface area contributed by atoms with Gasteiger partial charge in [0, 0.05) is 25.7 Å². The van der Waals surface area contributed by atoms with E-state index in [1.165, 1.54) is 12.5 Å². The first-order valence-electron chi connectivity index (χ1n) is 7.14. The normalized spacial score (nSPS) is 23.5. The maximum absolute atomic E-state index is 13.6. The first-order valence-corrected chi connectivity index (χ1v) is 7.93. The zero-order valence-corrected chi connectivity index (χ0v) is 12.9. The molecule has 0 saturated carbocycles. The van der Waals surface area contributed by atoms with E-state index in [0.29, 0.717) is 11.6 Å². The third-order valence-corrected chi connectivity index (χ3v) is 5.08. The minimum atomic E-state index is -0.381. The van der Waals surface area contributed by atoms with Gasteiger partial charge >= 0.3 is 0 Å². The number of halogens is 2. The molecule has 1 unspecified atom stereocenters. The number of amides is 1. The fraction of sp³-hybridized carbons (Fsp3) is 0.533. The van der Waals surface area contributed by atoms with Gasteiger partial charge in [-0.05, 0) is 53.9 Å². The van der Waals surface area contributed by atoms with Gasteiger partial charge in [-0.25, -0.2) is 4.39 Å². The molecule has 1 aromatic carbocycles. The van der Waals surface area contributed by atoms with Crippen LogP contribution in [0.4, 0.5) is 4.39 Å². The van der Waals surface area contributed by atoms with Crippen molar-refractivity contribution in [3.05, 3.63) is 34.1 Å². The van der Waals surface area contributed by atoms with Gasteiger partial charge in [0.15, 0.2) is 0 Å². The zero-order valence-electron chi connectivity index (χ0n) is 11.3. The Morgan fingerprint density at radius 2 is 2.05 bits per heavy atom. The first-order chi connectivity index (χ1) is 9.66. The van der Waals surface area contributed by atoms with Crippen LogP contribution >= 0.6 is 15.9 Å². The standard InChI is InChI=1S/C15H18BrFN2O/c16-14-12(5-1-6-13(14)17)15(20)19-9-3-8-18-7-2-4-11(18)10-19/h1,5-6,11H,2-4,7-10H2. The summed E-state index contributed by atoms with van der Waals surface area (Å²) in [4.78, 5) is 17.0. The molecule has 0 spiro atoms. The van der Waals surface area contributed by atoms with Crippen LogP contribution in [-0.2, 0) is 0 Å². The van der Waals surface area contributed by atoms with E-state index in [0.717, 1.165) is 39.0 Å². The Morgan fingerprint density at radius 3 is 2.90 bits per heavy atom. The predicted molar refractivity (Wildman–Crippen MR) is 79.2 cm³/mol. The fourth-order valence-electron chi connectivity index (χ4n) is 3.23. The van der Waals surface area contributed by atoms with E-state index in [4.69, 9.17) is 0 Å². The van der Waals surface area contributed by atoms with Crippen molar-refractivity contribution in [1.29, 1.82) is 0 Å². The summed E-state index contributed by atoms with van der Waals surface area (Å²) in [6.07, 6.45) is 3.37. The number of fused-ring (bicyclic) bond motifs is 1. The van der Waals surface area contributed by atoms with Crippen LogP contribution in [0.25, 0.3) is 0 Å². The van der Waals surface area contributed by atoms with Crippen molar-refractivity contribution in [2.45, 2.75) is 25.3 Å². The van der Waals surface area contributed by atoms with Crippen LogP contribution in [0.15, 0.2) is 22.7 Å². The Balaban J connectivity index is 1.81. The Bertz CT molecular complexity index is 523. The third kappa shape index (κ3) is 2.61. The van der Waals surface area contributed by atoms with Crippen molar-refractivity contribution in [2.24, 2.45) is 0 Å². The van der Waals surface area contributed by atoms with Crippen LogP contribution in [-0.4, -0.2) is 47.9 Å². The lowest BCUT2D eigenvalue weighted by Gasteiger charge is -2.26. The van der Waals surface area contributed by atoms with Crippen molar-refractivity contribution < 1.29 is 9.18 Å². The third-order valence-electron chi connectivity index (χ3n) is 4.27. The number of hydrogen-bond donors (Lipinski definition) is 0. The maximum Gasteiger partial charge on any atom is 0.255 e. The van der Waals surface area contributed by atoms with Gasteiger partial charge in [0.25, 0.3) is 5.91 Å². The van der Waals surface area contributed by atoms with Crippen LogP contribution in [0.2, 0.25) is 0 Å². The summed E-state index contributed by atoms with van der Waals surface area (Å²) >= 11 is 3.19. The van der Waals surface area contributed by atoms with Gasteiger partial charge in [-0.1, -0.05) is 6.07 Å². The second-order valence-corrected chi connectivity index (χ2v) is 6.33. The molecule has 20 heavy (non-hydrogen) atoms. The number of hydrogen-bond acceptors (Lipinski definition) is 2. The van der Waals surface area contributed by atoms with E-state index in [-0.39, 0.29) is 16.2 Å². The molecule has 2 heterocycles. The molecule has 0 aliphatic carbocycles. The molecule has 1 amide bonds. The Labute approximate surface area is 126 Å². The number of rotatable bonds is 1. The van der Waals surface area contributed by atoms with E-state index >= 15 is 0 Å². The Kier molecular flexibility index (Phi) is 4.08. The smallest absolute Gasteiger partial charge is 0.255 e. The summed E-state index contributed by atoms with van der Waals surface area (Å²) < 4.78 is 13.9. The Morgan fingerprint density at radius 1 is 1.25 bits per heavy atom. The zero-order chi connectivity index (χ0) is 14.1. The van der Waals surface area contributed by atoms with Gasteiger partial charge in [-0.2, -0.15) is 0 Å². The number of carbonyl (C=O) groups is 1. The summed E-state index contributed by atoms with van der Waals surface area (Å²) in [6.45, 7) is 3.74. The number of nitrogens with zero attached hydrogens (tertiary/aromatic N) is 2. The number of benzene rings is 1. The molecule has 2 aliphatic heterocycles. The van der Waals surface area contributed by atoms with Crippen LogP contribution < -0.4 is 0 Å². The molecule has 2 aliphatic rings. The van der Waals surface area contributed by atoms with Gasteiger partial charge in [0.1, 0.15) is 5.82 Å². The van der Waals surface area contributed by atoms with Gasteiger partial charge in [-0.15, -0.1) is 0 Å². The second kappa shape index (κ2) is 5.82. The van der Waals surface area contributed by atoms with E-state index in [9.17, 15) is 9.18 Å². The minimum Gasteiger partial charge on any atom is -0.337 e. The molecule has 2 fully saturated rings. The molecule has 0 bridgehead atoms. The summed E-state index contributed by atoms with van der Waals surface area (Å²) in [7, 11) is 0. The van der Waals surface area contributed by atoms with Crippen molar-refractivity contribution >= 4 is 21.8 Å². The van der Waals surface area contributed by atoms with Gasteiger partial charge in [0.2, 0.25) is 0 Å². The number of carbonyl (C=O) groups excluding carboxylic acids is 1. The van der Waals surface area contributed by atoms with Gasteiger partial charge in [0.05, 0.1) is 10.0 Å². The van der Waals surface area contributed by atoms with Crippen molar-refractivity contribution in [1.82, 2.24) is 9.80 Å². The molecule has 108 valence electrons. The highest BCUT2D eigenvalue weighted by Gasteiger charge is 2.31. The molecular formula is C15H18BrFN2O. The average molecular weight is 341 g/mol. The van der Waals surface area contributed by atoms with E-state index in [1.807, 2.05) is 4.90 Å². The van der Waals surface area contributed by atoms with Crippen LogP contribution in [0.5, 0.6) is 0 Å². The highest BCUT2D eigenvalue weighted by atomic mass is 79.9. The summed E-state index contributed by atoms with van der Waals surface area (Å²) in [5.41, 5.74) is 0.427. The van der Waals surface area contributed by atoms with E-state index in [2.05, 4.69) is 20.8 Å². The van der Waals surface area contributed by atoms with Crippen LogP contribution in [0.3, 0.4) is 0 Å². The maximum atomic E-state index is 13.6. The monoisotopic (exact) mass is 340 g/mol. The summed E-state index contributed by atoms with van der Waals surface area (Å²) in [5, 5.41) is 0. The first kappa shape index (κ1) is 14.0. The second-order valence-electron chi connectivity index (χ2n) is 5.54. The molecule has 0 aromatic heterocycles. The summed E-state index contributed by atoms with van der Waals surface area (Å²) in [6, 6.07) is 5.12. The lowest BCUT2D eigenvalue weighted by atomic mass is 10.1. The highest BCUT2D eigenvalue weighted by Crippen LogP contribution is 2.25. The van der Waals surface area contributed by atoms with Crippen molar-refractivity contribution in [2.75, 3.05) is 26.2 Å². The molecule has 2 saturated heterocycles. The molecule has 3 rings (SSSR count).